The van der Waals surface area contributed by atoms with Gasteiger partial charge in [0, 0.05) is 24.2 Å². The number of halogens is 2. The van der Waals surface area contributed by atoms with Crippen LogP contribution in [0.1, 0.15) is 5.56 Å². The first-order chi connectivity index (χ1) is 5.77. The third kappa shape index (κ3) is 1.05. The molecule has 2 nitrogen and oxygen atoms in total. The van der Waals surface area contributed by atoms with Crippen LogP contribution in [0.4, 0.5) is 14.5 Å². The Kier molecular flexibility index (Phi) is 1.53. The molecule has 1 aliphatic heterocycles. The smallest absolute Gasteiger partial charge is 0.133 e. The number of aliphatic imine (C=N–C) groups is 1. The lowest BCUT2D eigenvalue weighted by molar-refractivity contribution is 0.570. The van der Waals surface area contributed by atoms with E-state index in [-0.39, 0.29) is 0 Å². The van der Waals surface area contributed by atoms with E-state index in [1.165, 1.54) is 12.4 Å². The summed E-state index contributed by atoms with van der Waals surface area (Å²) in [4.78, 5) is 3.80. The van der Waals surface area contributed by atoms with E-state index in [2.05, 4.69) is 10.3 Å². The molecule has 0 saturated carbocycles. The molecule has 1 aliphatic rings. The van der Waals surface area contributed by atoms with Crippen LogP contribution in [0.5, 0.6) is 0 Å². The fourth-order valence-corrected chi connectivity index (χ4v) is 1.14. The van der Waals surface area contributed by atoms with Gasteiger partial charge in [-0.1, -0.05) is 0 Å². The fraction of sp³-hybridized carbons (Fsp3) is 0.125. The molecule has 0 radical (unpaired) electrons. The first kappa shape index (κ1) is 7.21. The lowest BCUT2D eigenvalue weighted by atomic mass is 10.1. The molecule has 0 amide bonds. The maximum Gasteiger partial charge on any atom is 0.133 e. The predicted octanol–water partition coefficient (Wildman–Crippen LogP) is 1.73. The Balaban J connectivity index is 2.62. The standard InChI is InChI=1S/C8H6F2N2/c9-5-1-7(10)6-3-11-4-12-8(6)2-5/h1-2,4H,3H2,(H,11,12). The van der Waals surface area contributed by atoms with E-state index in [0.29, 0.717) is 17.8 Å². The summed E-state index contributed by atoms with van der Waals surface area (Å²) in [5.74, 6) is -1.14. The van der Waals surface area contributed by atoms with Gasteiger partial charge in [0.15, 0.2) is 0 Å². The van der Waals surface area contributed by atoms with Gasteiger partial charge in [-0.2, -0.15) is 0 Å². The molecule has 0 saturated heterocycles. The summed E-state index contributed by atoms with van der Waals surface area (Å²) in [6.07, 6.45) is 1.43. The number of nitrogens with one attached hydrogen (secondary N) is 1. The monoisotopic (exact) mass is 168 g/mol. The highest BCUT2D eigenvalue weighted by molar-refractivity contribution is 5.66. The van der Waals surface area contributed by atoms with Gasteiger partial charge >= 0.3 is 0 Å². The predicted molar refractivity (Wildman–Crippen MR) is 41.3 cm³/mol. The summed E-state index contributed by atoms with van der Waals surface area (Å²) in [7, 11) is 0. The Morgan fingerprint density at radius 2 is 2.17 bits per heavy atom. The van der Waals surface area contributed by atoms with Gasteiger partial charge in [-0.15, -0.1) is 0 Å². The Morgan fingerprint density at radius 3 is 3.00 bits per heavy atom. The molecule has 0 spiro atoms. The lowest BCUT2D eigenvalue weighted by Crippen LogP contribution is -2.15. The normalized spacial score (nSPS) is 13.8. The molecule has 0 fully saturated rings. The van der Waals surface area contributed by atoms with E-state index in [1.807, 2.05) is 0 Å². The molecule has 0 bridgehead atoms. The zero-order valence-corrected chi connectivity index (χ0v) is 6.14. The molecule has 1 aromatic rings. The van der Waals surface area contributed by atoms with Crippen molar-refractivity contribution in [3.8, 4) is 0 Å². The van der Waals surface area contributed by atoms with E-state index in [1.54, 1.807) is 0 Å². The van der Waals surface area contributed by atoms with E-state index in [0.717, 1.165) is 6.07 Å². The number of hydrogen-bond acceptors (Lipinski definition) is 2. The average molecular weight is 168 g/mol. The van der Waals surface area contributed by atoms with Crippen molar-refractivity contribution in [2.75, 3.05) is 0 Å². The van der Waals surface area contributed by atoms with Crippen molar-refractivity contribution in [1.82, 2.24) is 5.32 Å². The van der Waals surface area contributed by atoms with Crippen LogP contribution in [0.15, 0.2) is 17.1 Å². The molecular formula is C8H6F2N2. The summed E-state index contributed by atoms with van der Waals surface area (Å²) in [6.45, 7) is 0.366. The van der Waals surface area contributed by atoms with E-state index in [9.17, 15) is 8.78 Å². The first-order valence-corrected chi connectivity index (χ1v) is 3.51. The largest absolute Gasteiger partial charge is 0.372 e. The average Bonchev–Trinajstić information content (AvgIpc) is 2.04. The van der Waals surface area contributed by atoms with Crippen LogP contribution in [0.2, 0.25) is 0 Å². The lowest BCUT2D eigenvalue weighted by Gasteiger charge is -2.11. The minimum Gasteiger partial charge on any atom is -0.372 e. The van der Waals surface area contributed by atoms with E-state index < -0.39 is 11.6 Å². The topological polar surface area (TPSA) is 24.4 Å². The van der Waals surface area contributed by atoms with Crippen LogP contribution < -0.4 is 5.32 Å². The van der Waals surface area contributed by atoms with Gasteiger partial charge in [0.25, 0.3) is 0 Å². The molecular weight excluding hydrogens is 162 g/mol. The minimum atomic E-state index is -0.592. The number of rotatable bonds is 0. The van der Waals surface area contributed by atoms with Crippen molar-refractivity contribution in [3.63, 3.8) is 0 Å². The first-order valence-electron chi connectivity index (χ1n) is 3.51. The Bertz CT molecular complexity index is 347. The molecule has 12 heavy (non-hydrogen) atoms. The van der Waals surface area contributed by atoms with Gasteiger partial charge < -0.3 is 5.32 Å². The Labute approximate surface area is 67.9 Å². The molecule has 0 aliphatic carbocycles. The second-order valence-corrected chi connectivity index (χ2v) is 2.52. The number of hydrogen-bond donors (Lipinski definition) is 1. The van der Waals surface area contributed by atoms with E-state index in [4.69, 9.17) is 0 Å². The number of benzene rings is 1. The summed E-state index contributed by atoms with van der Waals surface area (Å²) >= 11 is 0. The van der Waals surface area contributed by atoms with Gasteiger partial charge in [-0.05, 0) is 0 Å². The van der Waals surface area contributed by atoms with Crippen LogP contribution in [0.3, 0.4) is 0 Å². The van der Waals surface area contributed by atoms with Gasteiger partial charge in [0.1, 0.15) is 11.6 Å². The molecule has 2 rings (SSSR count). The number of nitrogens with zero attached hydrogens (tertiary/aromatic N) is 1. The van der Waals surface area contributed by atoms with Gasteiger partial charge in [-0.3, -0.25) is 0 Å². The molecule has 1 aromatic carbocycles. The zero-order chi connectivity index (χ0) is 8.55. The highest BCUT2D eigenvalue weighted by Gasteiger charge is 2.11. The SMILES string of the molecule is Fc1cc(F)c2c(c1)N=CNC2. The molecule has 62 valence electrons. The highest BCUT2D eigenvalue weighted by atomic mass is 19.1. The molecule has 1 heterocycles. The van der Waals surface area contributed by atoms with E-state index >= 15 is 0 Å². The fourth-order valence-electron chi connectivity index (χ4n) is 1.14. The summed E-state index contributed by atoms with van der Waals surface area (Å²) in [5.41, 5.74) is 0.783. The molecule has 4 heteroatoms. The zero-order valence-electron chi connectivity index (χ0n) is 6.14. The molecule has 0 unspecified atom stereocenters. The third-order valence-electron chi connectivity index (χ3n) is 1.71. The molecule has 0 atom stereocenters. The quantitative estimate of drug-likeness (QED) is 0.626. The second-order valence-electron chi connectivity index (χ2n) is 2.52. The van der Waals surface area contributed by atoms with Crippen LogP contribution in [-0.4, -0.2) is 6.34 Å². The Hall–Kier alpha value is -1.45. The Morgan fingerprint density at radius 1 is 1.33 bits per heavy atom. The van der Waals surface area contributed by atoms with Crippen molar-refractivity contribution in [2.45, 2.75) is 6.54 Å². The van der Waals surface area contributed by atoms with Gasteiger partial charge in [0.05, 0.1) is 12.0 Å². The summed E-state index contributed by atoms with van der Waals surface area (Å²) in [5, 5.41) is 2.75. The summed E-state index contributed by atoms with van der Waals surface area (Å²) < 4.78 is 25.6. The van der Waals surface area contributed by atoms with Gasteiger partial charge in [-0.25, -0.2) is 13.8 Å². The van der Waals surface area contributed by atoms with Crippen LogP contribution in [-0.2, 0) is 6.54 Å². The van der Waals surface area contributed by atoms with Crippen LogP contribution >= 0.6 is 0 Å². The van der Waals surface area contributed by atoms with Crippen LogP contribution in [0.25, 0.3) is 0 Å². The van der Waals surface area contributed by atoms with Gasteiger partial charge in [0.2, 0.25) is 0 Å². The molecule has 1 N–H and O–H groups in total. The molecule has 0 aromatic heterocycles. The van der Waals surface area contributed by atoms with Crippen molar-refractivity contribution in [1.29, 1.82) is 0 Å². The summed E-state index contributed by atoms with van der Waals surface area (Å²) in [6, 6.07) is 2.08. The third-order valence-corrected chi connectivity index (χ3v) is 1.71. The maximum atomic E-state index is 13.0. The van der Waals surface area contributed by atoms with Crippen molar-refractivity contribution >= 4 is 12.0 Å². The minimum absolute atomic E-state index is 0.366. The van der Waals surface area contributed by atoms with Crippen molar-refractivity contribution in [2.24, 2.45) is 4.99 Å². The number of fused-ring (bicyclic) bond motifs is 1. The highest BCUT2D eigenvalue weighted by Crippen LogP contribution is 2.24. The second kappa shape index (κ2) is 2.55. The van der Waals surface area contributed by atoms with Crippen LogP contribution in [0, 0.1) is 11.6 Å². The van der Waals surface area contributed by atoms with Crippen molar-refractivity contribution in [3.05, 3.63) is 29.3 Å². The maximum absolute atomic E-state index is 13.0. The van der Waals surface area contributed by atoms with Crippen molar-refractivity contribution < 1.29 is 8.78 Å².